The van der Waals surface area contributed by atoms with Crippen molar-refractivity contribution in [2.24, 2.45) is 5.92 Å². The van der Waals surface area contributed by atoms with E-state index < -0.39 is 0 Å². The molecule has 0 N–H and O–H groups in total. The summed E-state index contributed by atoms with van der Waals surface area (Å²) in [6, 6.07) is 7.65. The number of nitrogens with zero attached hydrogens (tertiary/aromatic N) is 2. The van der Waals surface area contributed by atoms with Crippen LogP contribution in [-0.4, -0.2) is 47.5 Å². The third-order valence-corrected chi connectivity index (χ3v) is 4.68. The van der Waals surface area contributed by atoms with Crippen LogP contribution in [0.4, 0.5) is 4.79 Å². The van der Waals surface area contributed by atoms with Crippen molar-refractivity contribution in [2.75, 3.05) is 19.7 Å². The summed E-state index contributed by atoms with van der Waals surface area (Å²) in [6.45, 7) is 7.75. The van der Waals surface area contributed by atoms with Crippen LogP contribution in [0.2, 0.25) is 5.02 Å². The Morgan fingerprint density at radius 1 is 1.40 bits per heavy atom. The molecule has 6 heteroatoms. The molecule has 1 atom stereocenters. The molecule has 2 amide bonds. The highest BCUT2D eigenvalue weighted by molar-refractivity contribution is 6.30. The zero-order chi connectivity index (χ0) is 18.4. The van der Waals surface area contributed by atoms with E-state index in [9.17, 15) is 9.59 Å². The van der Waals surface area contributed by atoms with Gasteiger partial charge in [-0.05, 0) is 51.3 Å². The molecule has 1 aliphatic rings. The highest BCUT2D eigenvalue weighted by Crippen LogP contribution is 2.22. The molecule has 0 radical (unpaired) electrons. The average Bonchev–Trinajstić information content (AvgIpc) is 2.59. The van der Waals surface area contributed by atoms with Crippen molar-refractivity contribution in [3.8, 4) is 0 Å². The molecule has 1 fully saturated rings. The molecule has 0 saturated carbocycles. The van der Waals surface area contributed by atoms with Crippen molar-refractivity contribution in [2.45, 2.75) is 46.2 Å². The van der Waals surface area contributed by atoms with Crippen molar-refractivity contribution in [1.82, 2.24) is 9.80 Å². The molecular weight excluding hydrogens is 340 g/mol. The van der Waals surface area contributed by atoms with E-state index in [2.05, 4.69) is 0 Å². The van der Waals surface area contributed by atoms with Gasteiger partial charge in [0.1, 0.15) is 0 Å². The Morgan fingerprint density at radius 3 is 2.80 bits per heavy atom. The number of amides is 2. The Balaban J connectivity index is 2.07. The maximum absolute atomic E-state index is 13.1. The number of carbonyl (C=O) groups is 2. The fourth-order valence-corrected chi connectivity index (χ4v) is 3.35. The van der Waals surface area contributed by atoms with Crippen molar-refractivity contribution >= 4 is 23.6 Å². The first kappa shape index (κ1) is 19.6. The van der Waals surface area contributed by atoms with Crippen molar-refractivity contribution in [1.29, 1.82) is 0 Å². The minimum Gasteiger partial charge on any atom is -0.450 e. The number of carbonyl (C=O) groups excluding carboxylic acids is 2. The monoisotopic (exact) mass is 366 g/mol. The van der Waals surface area contributed by atoms with Crippen LogP contribution >= 0.6 is 11.6 Å². The molecule has 1 unspecified atom stereocenters. The van der Waals surface area contributed by atoms with Gasteiger partial charge >= 0.3 is 6.09 Å². The second kappa shape index (κ2) is 9.09. The van der Waals surface area contributed by atoms with E-state index >= 15 is 0 Å². The van der Waals surface area contributed by atoms with Gasteiger partial charge in [-0.1, -0.05) is 23.7 Å². The van der Waals surface area contributed by atoms with Gasteiger partial charge in [-0.25, -0.2) is 4.79 Å². The number of benzene rings is 1. The van der Waals surface area contributed by atoms with Gasteiger partial charge in [-0.2, -0.15) is 0 Å². The Labute approximate surface area is 154 Å². The van der Waals surface area contributed by atoms with E-state index in [1.807, 2.05) is 43.0 Å². The maximum Gasteiger partial charge on any atom is 0.409 e. The predicted molar refractivity (Wildman–Crippen MR) is 98.5 cm³/mol. The third-order valence-electron chi connectivity index (χ3n) is 4.45. The SMILES string of the molecule is CCOC(=O)N1CCCC(C(=O)N(Cc2cccc(Cl)c2)C(C)C)C1. The van der Waals surface area contributed by atoms with Crippen LogP contribution < -0.4 is 0 Å². The molecule has 0 bridgehead atoms. The van der Waals surface area contributed by atoms with Gasteiger partial charge in [-0.15, -0.1) is 0 Å². The first-order chi connectivity index (χ1) is 11.9. The predicted octanol–water partition coefficient (Wildman–Crippen LogP) is 3.95. The molecule has 1 aromatic rings. The van der Waals surface area contributed by atoms with Crippen molar-refractivity contribution in [3.05, 3.63) is 34.9 Å². The van der Waals surface area contributed by atoms with E-state index in [-0.39, 0.29) is 24.0 Å². The lowest BCUT2D eigenvalue weighted by molar-refractivity contribution is -0.139. The summed E-state index contributed by atoms with van der Waals surface area (Å²) in [7, 11) is 0. The van der Waals surface area contributed by atoms with E-state index in [0.717, 1.165) is 18.4 Å². The first-order valence-electron chi connectivity index (χ1n) is 8.89. The van der Waals surface area contributed by atoms with Gasteiger partial charge in [0.05, 0.1) is 12.5 Å². The Hall–Kier alpha value is -1.75. The fraction of sp³-hybridized carbons (Fsp3) is 0.579. The third kappa shape index (κ3) is 5.36. The number of piperidine rings is 1. The topological polar surface area (TPSA) is 49.9 Å². The van der Waals surface area contributed by atoms with Crippen LogP contribution in [-0.2, 0) is 16.1 Å². The molecule has 0 spiro atoms. The van der Waals surface area contributed by atoms with Gasteiger partial charge in [0.25, 0.3) is 0 Å². The number of hydrogen-bond donors (Lipinski definition) is 0. The van der Waals surface area contributed by atoms with E-state index in [4.69, 9.17) is 16.3 Å². The number of rotatable bonds is 5. The van der Waals surface area contributed by atoms with Gasteiger partial charge in [0.2, 0.25) is 5.91 Å². The van der Waals surface area contributed by atoms with Gasteiger partial charge < -0.3 is 14.5 Å². The summed E-state index contributed by atoms with van der Waals surface area (Å²) < 4.78 is 5.07. The van der Waals surface area contributed by atoms with Gasteiger partial charge in [0.15, 0.2) is 0 Å². The second-order valence-electron chi connectivity index (χ2n) is 6.67. The Morgan fingerprint density at radius 2 is 2.16 bits per heavy atom. The molecular formula is C19H27ClN2O3. The summed E-state index contributed by atoms with van der Waals surface area (Å²) in [6.07, 6.45) is 1.29. The summed E-state index contributed by atoms with van der Waals surface area (Å²) in [5.74, 6) is -0.0938. The molecule has 138 valence electrons. The van der Waals surface area contributed by atoms with Crippen LogP contribution in [0.25, 0.3) is 0 Å². The smallest absolute Gasteiger partial charge is 0.409 e. The zero-order valence-electron chi connectivity index (χ0n) is 15.2. The van der Waals surface area contributed by atoms with Crippen LogP contribution in [0.5, 0.6) is 0 Å². The fourth-order valence-electron chi connectivity index (χ4n) is 3.14. The normalized spacial score (nSPS) is 17.5. The molecule has 1 aliphatic heterocycles. The molecule has 25 heavy (non-hydrogen) atoms. The summed E-state index contributed by atoms with van der Waals surface area (Å²) in [5.41, 5.74) is 1.01. The number of halogens is 1. The largest absolute Gasteiger partial charge is 0.450 e. The van der Waals surface area contributed by atoms with Crippen molar-refractivity contribution < 1.29 is 14.3 Å². The van der Waals surface area contributed by atoms with Crippen LogP contribution in [0.1, 0.15) is 39.2 Å². The molecule has 1 saturated heterocycles. The van der Waals surface area contributed by atoms with Crippen LogP contribution in [0.3, 0.4) is 0 Å². The summed E-state index contributed by atoms with van der Waals surface area (Å²) in [5, 5.41) is 0.666. The minimum atomic E-state index is -0.328. The average molecular weight is 367 g/mol. The lowest BCUT2D eigenvalue weighted by Crippen LogP contribution is -2.48. The zero-order valence-corrected chi connectivity index (χ0v) is 16.0. The van der Waals surface area contributed by atoms with E-state index in [1.165, 1.54) is 0 Å². The highest BCUT2D eigenvalue weighted by Gasteiger charge is 2.32. The second-order valence-corrected chi connectivity index (χ2v) is 7.11. The molecule has 5 nitrogen and oxygen atoms in total. The maximum atomic E-state index is 13.1. The van der Waals surface area contributed by atoms with Crippen LogP contribution in [0, 0.1) is 5.92 Å². The molecule has 0 aromatic heterocycles. The number of likely N-dealkylation sites (tertiary alicyclic amines) is 1. The Bertz CT molecular complexity index is 606. The standard InChI is InChI=1S/C19H27ClN2O3/c1-4-25-19(24)21-10-6-8-16(13-21)18(23)22(14(2)3)12-15-7-5-9-17(20)11-15/h5,7,9,11,14,16H,4,6,8,10,12-13H2,1-3H3. The van der Waals surface area contributed by atoms with Crippen molar-refractivity contribution in [3.63, 3.8) is 0 Å². The van der Waals surface area contributed by atoms with Gasteiger partial charge in [0, 0.05) is 30.7 Å². The Kier molecular flexibility index (Phi) is 7.12. The minimum absolute atomic E-state index is 0.0736. The molecule has 2 rings (SSSR count). The van der Waals surface area contributed by atoms with Gasteiger partial charge in [-0.3, -0.25) is 4.79 Å². The highest BCUT2D eigenvalue weighted by atomic mass is 35.5. The lowest BCUT2D eigenvalue weighted by Gasteiger charge is -2.36. The van der Waals surface area contributed by atoms with E-state index in [0.29, 0.717) is 31.3 Å². The first-order valence-corrected chi connectivity index (χ1v) is 9.26. The molecule has 1 heterocycles. The number of hydrogen-bond acceptors (Lipinski definition) is 3. The van der Waals surface area contributed by atoms with Crippen LogP contribution in [0.15, 0.2) is 24.3 Å². The summed E-state index contributed by atoms with van der Waals surface area (Å²) in [4.78, 5) is 28.5. The number of ether oxygens (including phenoxy) is 1. The van der Waals surface area contributed by atoms with E-state index in [1.54, 1.807) is 11.8 Å². The summed E-state index contributed by atoms with van der Waals surface area (Å²) >= 11 is 6.06. The lowest BCUT2D eigenvalue weighted by atomic mass is 9.96. The molecule has 0 aliphatic carbocycles. The molecule has 1 aromatic carbocycles. The quantitative estimate of drug-likeness (QED) is 0.792.